The van der Waals surface area contributed by atoms with Crippen molar-refractivity contribution < 1.29 is 18.0 Å². The third-order valence-electron chi connectivity index (χ3n) is 4.92. The minimum absolute atomic E-state index is 0.140. The summed E-state index contributed by atoms with van der Waals surface area (Å²) in [7, 11) is 0. The number of hydrogen-bond donors (Lipinski definition) is 0. The fourth-order valence-electron chi connectivity index (χ4n) is 3.46. The van der Waals surface area contributed by atoms with E-state index in [1.54, 1.807) is 36.4 Å². The van der Waals surface area contributed by atoms with Crippen molar-refractivity contribution >= 4 is 16.6 Å². The average Bonchev–Trinajstić information content (AvgIpc) is 2.73. The van der Waals surface area contributed by atoms with E-state index in [0.29, 0.717) is 22.3 Å². The monoisotopic (exact) mass is 390 g/mol. The van der Waals surface area contributed by atoms with Crippen molar-refractivity contribution in [2.45, 2.75) is 12.6 Å². The molecule has 0 aliphatic carbocycles. The normalized spacial score (nSPS) is 11.6. The van der Waals surface area contributed by atoms with E-state index in [4.69, 9.17) is 0 Å². The number of rotatable bonds is 4. The van der Waals surface area contributed by atoms with Crippen molar-refractivity contribution in [3.8, 4) is 0 Å². The second-order valence-electron chi connectivity index (χ2n) is 6.92. The molecule has 4 rings (SSSR count). The maximum absolute atomic E-state index is 13.1. The predicted octanol–water partition coefficient (Wildman–Crippen LogP) is 6.68. The Morgan fingerprint density at radius 3 is 2.24 bits per heavy atom. The van der Waals surface area contributed by atoms with Crippen molar-refractivity contribution in [3.05, 3.63) is 119 Å². The van der Waals surface area contributed by atoms with Gasteiger partial charge in [-0.05, 0) is 40.5 Å². The fourth-order valence-corrected chi connectivity index (χ4v) is 3.46. The molecule has 0 heterocycles. The molecule has 0 spiro atoms. The summed E-state index contributed by atoms with van der Waals surface area (Å²) in [4.78, 5) is 13.1. The largest absolute Gasteiger partial charge is 0.416 e. The van der Waals surface area contributed by atoms with E-state index in [0.717, 1.165) is 22.9 Å². The van der Waals surface area contributed by atoms with Gasteiger partial charge in [-0.3, -0.25) is 4.79 Å². The average molecular weight is 390 g/mol. The second-order valence-corrected chi connectivity index (χ2v) is 6.92. The van der Waals surface area contributed by atoms with E-state index in [1.807, 2.05) is 36.4 Å². The van der Waals surface area contributed by atoms with E-state index in [9.17, 15) is 18.0 Å². The number of fused-ring (bicyclic) bond motifs is 1. The number of benzene rings is 4. The molecule has 0 saturated heterocycles. The standard InChI is InChI=1S/C25H17F3O/c26-25(27,28)22-10-5-6-17(15-22)14-20-9-3-4-11-23(20)24(29)21-13-12-18-7-1-2-8-19(18)16-21/h1-13,15-16H,14H2. The molecule has 1 nitrogen and oxygen atoms in total. The number of halogens is 3. The van der Waals surface area contributed by atoms with Crippen molar-refractivity contribution in [1.82, 2.24) is 0 Å². The molecule has 0 bridgehead atoms. The fraction of sp³-hybridized carbons (Fsp3) is 0.0800. The summed E-state index contributed by atoms with van der Waals surface area (Å²) in [5, 5.41) is 2.01. The molecule has 0 radical (unpaired) electrons. The molecule has 0 saturated carbocycles. The van der Waals surface area contributed by atoms with Gasteiger partial charge in [0.1, 0.15) is 0 Å². The molecule has 0 amide bonds. The first-order chi connectivity index (χ1) is 13.9. The molecule has 0 unspecified atom stereocenters. The Balaban J connectivity index is 1.68. The molecule has 0 N–H and O–H groups in total. The highest BCUT2D eigenvalue weighted by Gasteiger charge is 2.30. The van der Waals surface area contributed by atoms with Crippen molar-refractivity contribution in [3.63, 3.8) is 0 Å². The van der Waals surface area contributed by atoms with Crippen LogP contribution in [0.25, 0.3) is 10.8 Å². The summed E-state index contributed by atoms with van der Waals surface area (Å²) in [6.45, 7) is 0. The van der Waals surface area contributed by atoms with Gasteiger partial charge < -0.3 is 0 Å². The van der Waals surface area contributed by atoms with Crippen LogP contribution < -0.4 is 0 Å². The highest BCUT2D eigenvalue weighted by Crippen LogP contribution is 2.30. The smallest absolute Gasteiger partial charge is 0.289 e. The minimum Gasteiger partial charge on any atom is -0.289 e. The zero-order valence-electron chi connectivity index (χ0n) is 15.4. The summed E-state index contributed by atoms with van der Waals surface area (Å²) in [5.41, 5.74) is 1.58. The van der Waals surface area contributed by atoms with Gasteiger partial charge in [-0.15, -0.1) is 0 Å². The predicted molar refractivity (Wildman–Crippen MR) is 108 cm³/mol. The molecular formula is C25H17F3O. The Hall–Kier alpha value is -3.40. The Morgan fingerprint density at radius 1 is 0.724 bits per heavy atom. The van der Waals surface area contributed by atoms with Crippen LogP contribution in [0.1, 0.15) is 32.6 Å². The number of alkyl halides is 3. The maximum atomic E-state index is 13.1. The van der Waals surface area contributed by atoms with Gasteiger partial charge in [0.25, 0.3) is 0 Å². The van der Waals surface area contributed by atoms with Crippen LogP contribution in [0, 0.1) is 0 Å². The third kappa shape index (κ3) is 4.06. The quantitative estimate of drug-likeness (QED) is 0.355. The van der Waals surface area contributed by atoms with Crippen LogP contribution in [0.4, 0.5) is 13.2 Å². The van der Waals surface area contributed by atoms with Crippen molar-refractivity contribution in [1.29, 1.82) is 0 Å². The SMILES string of the molecule is O=C(c1ccc2ccccc2c1)c1ccccc1Cc1cccc(C(F)(F)F)c1. The zero-order valence-corrected chi connectivity index (χ0v) is 15.4. The lowest BCUT2D eigenvalue weighted by molar-refractivity contribution is -0.137. The van der Waals surface area contributed by atoms with Crippen LogP contribution in [0.5, 0.6) is 0 Å². The molecule has 0 aliphatic heterocycles. The van der Waals surface area contributed by atoms with Crippen molar-refractivity contribution in [2.75, 3.05) is 0 Å². The lowest BCUT2D eigenvalue weighted by Crippen LogP contribution is -2.08. The third-order valence-corrected chi connectivity index (χ3v) is 4.92. The maximum Gasteiger partial charge on any atom is 0.416 e. The molecule has 29 heavy (non-hydrogen) atoms. The van der Waals surface area contributed by atoms with Gasteiger partial charge in [0.15, 0.2) is 5.78 Å². The molecule has 0 aromatic heterocycles. The molecule has 4 aromatic carbocycles. The summed E-state index contributed by atoms with van der Waals surface area (Å²) in [6, 6.07) is 25.6. The van der Waals surface area contributed by atoms with Gasteiger partial charge in [-0.1, -0.05) is 78.9 Å². The molecule has 0 aliphatic rings. The molecular weight excluding hydrogens is 373 g/mol. The van der Waals surface area contributed by atoms with Crippen LogP contribution in [-0.4, -0.2) is 5.78 Å². The number of carbonyl (C=O) groups is 1. The van der Waals surface area contributed by atoms with Gasteiger partial charge in [0, 0.05) is 11.1 Å². The highest BCUT2D eigenvalue weighted by molar-refractivity contribution is 6.11. The highest BCUT2D eigenvalue weighted by atomic mass is 19.4. The first-order valence-electron chi connectivity index (χ1n) is 9.19. The first kappa shape index (κ1) is 18.9. The van der Waals surface area contributed by atoms with E-state index >= 15 is 0 Å². The summed E-state index contributed by atoms with van der Waals surface area (Å²) in [6.07, 6.45) is -4.14. The topological polar surface area (TPSA) is 17.1 Å². The molecule has 144 valence electrons. The van der Waals surface area contributed by atoms with Gasteiger partial charge >= 0.3 is 6.18 Å². The van der Waals surface area contributed by atoms with Crippen molar-refractivity contribution in [2.24, 2.45) is 0 Å². The van der Waals surface area contributed by atoms with Gasteiger partial charge in [-0.25, -0.2) is 0 Å². The first-order valence-corrected chi connectivity index (χ1v) is 9.19. The number of ketones is 1. The van der Waals surface area contributed by atoms with E-state index < -0.39 is 11.7 Å². The van der Waals surface area contributed by atoms with E-state index in [2.05, 4.69) is 0 Å². The molecule has 0 fully saturated rings. The van der Waals surface area contributed by atoms with Crippen LogP contribution in [0.3, 0.4) is 0 Å². The number of hydrogen-bond acceptors (Lipinski definition) is 1. The van der Waals surface area contributed by atoms with E-state index in [-0.39, 0.29) is 12.2 Å². The van der Waals surface area contributed by atoms with Crippen LogP contribution in [0.2, 0.25) is 0 Å². The zero-order chi connectivity index (χ0) is 20.4. The minimum atomic E-state index is -4.39. The Bertz CT molecular complexity index is 1190. The summed E-state index contributed by atoms with van der Waals surface area (Å²) >= 11 is 0. The Kier molecular flexibility index (Phi) is 4.93. The van der Waals surface area contributed by atoms with Crippen LogP contribution >= 0.6 is 0 Å². The van der Waals surface area contributed by atoms with Crippen LogP contribution in [0.15, 0.2) is 91.0 Å². The van der Waals surface area contributed by atoms with Crippen LogP contribution in [-0.2, 0) is 12.6 Å². The summed E-state index contributed by atoms with van der Waals surface area (Å²) < 4.78 is 39.0. The second kappa shape index (κ2) is 7.55. The number of carbonyl (C=O) groups excluding carboxylic acids is 1. The van der Waals surface area contributed by atoms with Gasteiger partial charge in [0.2, 0.25) is 0 Å². The van der Waals surface area contributed by atoms with Gasteiger partial charge in [-0.2, -0.15) is 13.2 Å². The lowest BCUT2D eigenvalue weighted by Gasteiger charge is -2.12. The molecule has 4 heteroatoms. The summed E-state index contributed by atoms with van der Waals surface area (Å²) in [5.74, 6) is -0.140. The van der Waals surface area contributed by atoms with E-state index in [1.165, 1.54) is 6.07 Å². The molecule has 4 aromatic rings. The van der Waals surface area contributed by atoms with Gasteiger partial charge in [0.05, 0.1) is 5.56 Å². The lowest BCUT2D eigenvalue weighted by atomic mass is 9.93. The Labute approximate surface area is 166 Å². The molecule has 0 atom stereocenters. The Morgan fingerprint density at radius 2 is 1.45 bits per heavy atom.